The summed E-state index contributed by atoms with van der Waals surface area (Å²) in [5.74, 6) is 0.725. The molecule has 0 amide bonds. The van der Waals surface area contributed by atoms with Gasteiger partial charge in [0.05, 0.1) is 12.2 Å². The van der Waals surface area contributed by atoms with E-state index in [1.807, 2.05) is 0 Å². The third kappa shape index (κ3) is 2.92. The van der Waals surface area contributed by atoms with E-state index in [-0.39, 0.29) is 0 Å². The lowest BCUT2D eigenvalue weighted by Gasteiger charge is -2.37. The Balaban J connectivity index is 1.83. The maximum Gasteiger partial charge on any atom is 0.0678 e. The van der Waals surface area contributed by atoms with Gasteiger partial charge in [-0.15, -0.1) is 0 Å². The molecule has 15 heavy (non-hydrogen) atoms. The third-order valence-electron chi connectivity index (χ3n) is 3.71. The maximum absolute atomic E-state index is 6.11. The second-order valence-corrected chi connectivity index (χ2v) is 5.33. The topological polar surface area (TPSA) is 38.5 Å². The monoisotopic (exact) mass is 212 g/mol. The molecule has 2 rings (SSSR count). The van der Waals surface area contributed by atoms with Gasteiger partial charge < -0.3 is 10.5 Å². The molecule has 0 spiro atoms. The molecule has 2 aliphatic rings. The van der Waals surface area contributed by atoms with Crippen LogP contribution in [0.2, 0.25) is 0 Å². The van der Waals surface area contributed by atoms with Crippen molar-refractivity contribution in [2.45, 2.75) is 51.4 Å². The minimum Gasteiger partial charge on any atom is -0.373 e. The number of ether oxygens (including phenoxy) is 1. The summed E-state index contributed by atoms with van der Waals surface area (Å²) in [6, 6.07) is 0.443. The van der Waals surface area contributed by atoms with Crippen LogP contribution in [0.4, 0.5) is 0 Å². The molecule has 1 heterocycles. The Bertz CT molecular complexity index is 200. The summed E-state index contributed by atoms with van der Waals surface area (Å²) < 4.78 is 5.73. The van der Waals surface area contributed by atoms with Crippen molar-refractivity contribution in [3.05, 3.63) is 0 Å². The van der Waals surface area contributed by atoms with Crippen LogP contribution in [-0.2, 0) is 4.74 Å². The van der Waals surface area contributed by atoms with Gasteiger partial charge in [0.25, 0.3) is 0 Å². The van der Waals surface area contributed by atoms with Gasteiger partial charge in [-0.3, -0.25) is 4.90 Å². The molecule has 1 saturated carbocycles. The fourth-order valence-corrected chi connectivity index (χ4v) is 3.06. The molecule has 2 unspecified atom stereocenters. The number of morpholine rings is 1. The van der Waals surface area contributed by atoms with Crippen LogP contribution in [-0.4, -0.2) is 42.8 Å². The number of hydrogen-bond donors (Lipinski definition) is 1. The Labute approximate surface area is 93.0 Å². The first-order chi connectivity index (χ1) is 7.15. The van der Waals surface area contributed by atoms with Crippen LogP contribution < -0.4 is 5.73 Å². The Morgan fingerprint density at radius 3 is 2.40 bits per heavy atom. The molecule has 0 radical (unpaired) electrons. The largest absolute Gasteiger partial charge is 0.373 e. The van der Waals surface area contributed by atoms with Gasteiger partial charge in [0, 0.05) is 25.7 Å². The van der Waals surface area contributed by atoms with Crippen molar-refractivity contribution in [3.63, 3.8) is 0 Å². The molecule has 1 saturated heterocycles. The van der Waals surface area contributed by atoms with E-state index in [0.717, 1.165) is 19.0 Å². The van der Waals surface area contributed by atoms with Crippen molar-refractivity contribution in [2.24, 2.45) is 11.7 Å². The van der Waals surface area contributed by atoms with E-state index >= 15 is 0 Å². The summed E-state index contributed by atoms with van der Waals surface area (Å²) in [5, 5.41) is 0. The Kier molecular flexibility index (Phi) is 3.65. The SMILES string of the molecule is C[C@@H]1CN(CC2CCCC2N)C[C@H](C)O1. The van der Waals surface area contributed by atoms with E-state index in [4.69, 9.17) is 10.5 Å². The summed E-state index contributed by atoms with van der Waals surface area (Å²) in [6.45, 7) is 7.66. The molecule has 0 aromatic rings. The van der Waals surface area contributed by atoms with Crippen LogP contribution in [0.15, 0.2) is 0 Å². The van der Waals surface area contributed by atoms with Gasteiger partial charge in [-0.2, -0.15) is 0 Å². The molecule has 2 N–H and O–H groups in total. The van der Waals surface area contributed by atoms with Crippen molar-refractivity contribution in [3.8, 4) is 0 Å². The lowest BCUT2D eigenvalue weighted by molar-refractivity contribution is -0.0716. The molecular formula is C12H24N2O. The highest BCUT2D eigenvalue weighted by Gasteiger charge is 2.29. The highest BCUT2D eigenvalue weighted by molar-refractivity contribution is 4.84. The van der Waals surface area contributed by atoms with E-state index in [1.54, 1.807) is 0 Å². The van der Waals surface area contributed by atoms with Crippen LogP contribution in [0.5, 0.6) is 0 Å². The van der Waals surface area contributed by atoms with Gasteiger partial charge in [-0.05, 0) is 32.6 Å². The first-order valence-electron chi connectivity index (χ1n) is 6.28. The zero-order valence-corrected chi connectivity index (χ0v) is 9.98. The number of hydrogen-bond acceptors (Lipinski definition) is 3. The lowest BCUT2D eigenvalue weighted by atomic mass is 10.0. The number of nitrogens with zero attached hydrogens (tertiary/aromatic N) is 1. The van der Waals surface area contributed by atoms with Crippen molar-refractivity contribution in [1.82, 2.24) is 4.90 Å². The molecule has 1 aliphatic heterocycles. The molecule has 0 aromatic heterocycles. The zero-order chi connectivity index (χ0) is 10.8. The normalized spacial score (nSPS) is 43.4. The summed E-state index contributed by atoms with van der Waals surface area (Å²) in [4.78, 5) is 2.54. The van der Waals surface area contributed by atoms with Crippen LogP contribution in [0.25, 0.3) is 0 Å². The molecule has 3 heteroatoms. The molecule has 3 nitrogen and oxygen atoms in total. The molecule has 0 bridgehead atoms. The molecular weight excluding hydrogens is 188 g/mol. The van der Waals surface area contributed by atoms with E-state index in [0.29, 0.717) is 18.2 Å². The highest BCUT2D eigenvalue weighted by atomic mass is 16.5. The second kappa shape index (κ2) is 4.81. The van der Waals surface area contributed by atoms with E-state index < -0.39 is 0 Å². The van der Waals surface area contributed by atoms with Gasteiger partial charge in [-0.1, -0.05) is 6.42 Å². The van der Waals surface area contributed by atoms with Gasteiger partial charge in [0.1, 0.15) is 0 Å². The maximum atomic E-state index is 6.11. The first-order valence-corrected chi connectivity index (χ1v) is 6.28. The van der Waals surface area contributed by atoms with Crippen molar-refractivity contribution in [1.29, 1.82) is 0 Å². The predicted molar refractivity (Wildman–Crippen MR) is 61.8 cm³/mol. The van der Waals surface area contributed by atoms with E-state index in [9.17, 15) is 0 Å². The van der Waals surface area contributed by atoms with Gasteiger partial charge in [0.2, 0.25) is 0 Å². The van der Waals surface area contributed by atoms with Crippen LogP contribution >= 0.6 is 0 Å². The fraction of sp³-hybridized carbons (Fsp3) is 1.00. The van der Waals surface area contributed by atoms with E-state index in [2.05, 4.69) is 18.7 Å². The molecule has 2 fully saturated rings. The average molecular weight is 212 g/mol. The third-order valence-corrected chi connectivity index (χ3v) is 3.71. The average Bonchev–Trinajstić information content (AvgIpc) is 2.50. The molecule has 0 aromatic carbocycles. The zero-order valence-electron chi connectivity index (χ0n) is 9.98. The van der Waals surface area contributed by atoms with Crippen LogP contribution in [0.1, 0.15) is 33.1 Å². The van der Waals surface area contributed by atoms with Crippen molar-refractivity contribution in [2.75, 3.05) is 19.6 Å². The summed E-state index contributed by atoms with van der Waals surface area (Å²) in [7, 11) is 0. The molecule has 88 valence electrons. The second-order valence-electron chi connectivity index (χ2n) is 5.33. The molecule has 4 atom stereocenters. The van der Waals surface area contributed by atoms with Crippen molar-refractivity contribution < 1.29 is 4.74 Å². The smallest absolute Gasteiger partial charge is 0.0678 e. The number of nitrogens with two attached hydrogens (primary N) is 1. The number of rotatable bonds is 2. The fourth-order valence-electron chi connectivity index (χ4n) is 3.06. The first kappa shape index (κ1) is 11.4. The Morgan fingerprint density at radius 2 is 1.87 bits per heavy atom. The predicted octanol–water partition coefficient (Wildman–Crippen LogP) is 1.22. The molecule has 1 aliphatic carbocycles. The Hall–Kier alpha value is -0.120. The lowest BCUT2D eigenvalue weighted by Crippen LogP contribution is -2.48. The van der Waals surface area contributed by atoms with E-state index in [1.165, 1.54) is 25.8 Å². The van der Waals surface area contributed by atoms with Crippen molar-refractivity contribution >= 4 is 0 Å². The summed E-state index contributed by atoms with van der Waals surface area (Å²) >= 11 is 0. The van der Waals surface area contributed by atoms with Gasteiger partial charge >= 0.3 is 0 Å². The minimum absolute atomic E-state index is 0.381. The quantitative estimate of drug-likeness (QED) is 0.748. The van der Waals surface area contributed by atoms with Crippen LogP contribution in [0.3, 0.4) is 0 Å². The summed E-state index contributed by atoms with van der Waals surface area (Å²) in [6.07, 6.45) is 4.63. The minimum atomic E-state index is 0.381. The van der Waals surface area contributed by atoms with Gasteiger partial charge in [0.15, 0.2) is 0 Å². The summed E-state index contributed by atoms with van der Waals surface area (Å²) in [5.41, 5.74) is 6.11. The highest BCUT2D eigenvalue weighted by Crippen LogP contribution is 2.25. The Morgan fingerprint density at radius 1 is 1.20 bits per heavy atom. The van der Waals surface area contributed by atoms with Gasteiger partial charge in [-0.25, -0.2) is 0 Å². The van der Waals surface area contributed by atoms with Crippen LogP contribution in [0, 0.1) is 5.92 Å². The standard InChI is InChI=1S/C12H24N2O/c1-9-6-14(7-10(2)15-9)8-11-4-3-5-12(11)13/h9-12H,3-8,13H2,1-2H3/t9-,10+,11?,12?.